The van der Waals surface area contributed by atoms with Crippen molar-refractivity contribution in [2.75, 3.05) is 26.1 Å². The number of nitrogens with one attached hydrogen (secondary N) is 1. The number of benzene rings is 1. The summed E-state index contributed by atoms with van der Waals surface area (Å²) in [5, 5.41) is 3.09. The zero-order chi connectivity index (χ0) is 27.8. The number of pyridine rings is 1. The number of aromatic nitrogens is 3. The van der Waals surface area contributed by atoms with Crippen LogP contribution in [-0.4, -0.2) is 47.4 Å². The highest BCUT2D eigenvalue weighted by atomic mass is 19.4. The number of amidine groups is 2. The topological polar surface area (TPSA) is 93.9 Å². The van der Waals surface area contributed by atoms with Crippen molar-refractivity contribution in [1.29, 1.82) is 0 Å². The minimum Gasteiger partial charge on any atom is -0.497 e. The van der Waals surface area contributed by atoms with Gasteiger partial charge in [0.05, 0.1) is 19.8 Å². The Balaban J connectivity index is 1.72. The first-order valence-corrected chi connectivity index (χ1v) is 12.4. The Morgan fingerprint density at radius 1 is 1.05 bits per heavy atom. The summed E-state index contributed by atoms with van der Waals surface area (Å²) in [6.07, 6.45) is 6.17. The first-order chi connectivity index (χ1) is 18.7. The normalized spacial score (nSPS) is 18.4. The number of anilines is 1. The molecule has 0 spiro atoms. The van der Waals surface area contributed by atoms with Gasteiger partial charge in [-0.3, -0.25) is 9.98 Å². The van der Waals surface area contributed by atoms with Gasteiger partial charge in [0.2, 0.25) is 0 Å². The van der Waals surface area contributed by atoms with Gasteiger partial charge in [-0.1, -0.05) is 13.0 Å². The maximum Gasteiger partial charge on any atom is 0.416 e. The van der Waals surface area contributed by atoms with Gasteiger partial charge in [0.15, 0.2) is 5.84 Å². The molecule has 0 saturated heterocycles. The van der Waals surface area contributed by atoms with Crippen LogP contribution in [0.5, 0.6) is 11.8 Å². The predicted octanol–water partition coefficient (Wildman–Crippen LogP) is 5.87. The molecule has 1 aromatic carbocycles. The van der Waals surface area contributed by atoms with E-state index in [1.54, 1.807) is 24.8 Å². The Morgan fingerprint density at radius 3 is 2.46 bits per heavy atom. The number of methoxy groups -OCH3 is 2. The maximum atomic E-state index is 13.5. The Labute approximate surface area is 224 Å². The Kier molecular flexibility index (Phi) is 8.90. The van der Waals surface area contributed by atoms with E-state index in [0.29, 0.717) is 43.0 Å². The highest BCUT2D eigenvalue weighted by Crippen LogP contribution is 2.34. The highest BCUT2D eigenvalue weighted by Gasteiger charge is 2.31. The standard InChI is InChI=1S/C28H29F3N6O2/c1-18-4-5-25(36-22-13-21(28(29,30)31)14-23(15-22)38-2)37-26(33-11-8-19-6-9-32-10-7-19)24(12-18)20-16-34-27(39-3)35-17-20/h6-7,9-10,12-18H,4-5,8,11H2,1-3H3,(H,33,36,37)/b24-12-. The minimum absolute atomic E-state index is 0.0920. The SMILES string of the molecule is COc1cc(NC2=NC(=NCCc3ccncc3)/C(c3cnc(OC)nc3)=C\C(C)CC2)cc(C(F)(F)F)c1. The van der Waals surface area contributed by atoms with Crippen LogP contribution in [0, 0.1) is 5.92 Å². The van der Waals surface area contributed by atoms with Gasteiger partial charge in [0.25, 0.3) is 0 Å². The summed E-state index contributed by atoms with van der Waals surface area (Å²) in [4.78, 5) is 22.1. The third kappa shape index (κ3) is 7.62. The third-order valence-corrected chi connectivity index (χ3v) is 6.06. The summed E-state index contributed by atoms with van der Waals surface area (Å²) in [7, 11) is 2.82. The number of hydrogen-bond acceptors (Lipinski definition) is 7. The molecule has 0 amide bonds. The van der Waals surface area contributed by atoms with Crippen molar-refractivity contribution >= 4 is 22.9 Å². The molecule has 11 heteroatoms. The molecule has 0 radical (unpaired) electrons. The zero-order valence-corrected chi connectivity index (χ0v) is 21.9. The lowest BCUT2D eigenvalue weighted by Crippen LogP contribution is -2.19. The van der Waals surface area contributed by atoms with Crippen LogP contribution < -0.4 is 14.8 Å². The maximum absolute atomic E-state index is 13.5. The summed E-state index contributed by atoms with van der Waals surface area (Å²) in [6, 6.07) is 7.59. The Morgan fingerprint density at radius 2 is 1.79 bits per heavy atom. The molecule has 2 aromatic heterocycles. The van der Waals surface area contributed by atoms with Gasteiger partial charge in [-0.15, -0.1) is 0 Å². The van der Waals surface area contributed by atoms with Crippen molar-refractivity contribution in [2.45, 2.75) is 32.4 Å². The fourth-order valence-electron chi connectivity index (χ4n) is 4.01. The monoisotopic (exact) mass is 538 g/mol. The van der Waals surface area contributed by atoms with Gasteiger partial charge in [-0.2, -0.15) is 13.2 Å². The molecule has 0 fully saturated rings. The van der Waals surface area contributed by atoms with E-state index in [-0.39, 0.29) is 23.4 Å². The van der Waals surface area contributed by atoms with Gasteiger partial charge >= 0.3 is 12.2 Å². The van der Waals surface area contributed by atoms with Crippen molar-refractivity contribution in [1.82, 2.24) is 15.0 Å². The lowest BCUT2D eigenvalue weighted by atomic mass is 9.96. The van der Waals surface area contributed by atoms with Crippen molar-refractivity contribution in [3.05, 3.63) is 77.9 Å². The number of ether oxygens (including phenoxy) is 2. The lowest BCUT2D eigenvalue weighted by molar-refractivity contribution is -0.137. The molecule has 4 rings (SSSR count). The molecule has 0 aliphatic carbocycles. The van der Waals surface area contributed by atoms with Crippen LogP contribution in [0.4, 0.5) is 18.9 Å². The highest BCUT2D eigenvalue weighted by molar-refractivity contribution is 6.26. The molecular formula is C28H29F3N6O2. The minimum atomic E-state index is -4.52. The van der Waals surface area contributed by atoms with Crippen molar-refractivity contribution in [2.24, 2.45) is 15.9 Å². The molecule has 1 unspecified atom stereocenters. The second-order valence-electron chi connectivity index (χ2n) is 9.00. The number of aliphatic imine (C=N–C) groups is 2. The molecule has 1 N–H and O–H groups in total. The van der Waals surface area contributed by atoms with Crippen LogP contribution in [0.25, 0.3) is 5.57 Å². The van der Waals surface area contributed by atoms with E-state index < -0.39 is 11.7 Å². The fraction of sp³-hybridized carbons (Fsp3) is 0.321. The van der Waals surface area contributed by atoms with E-state index in [2.05, 4.69) is 33.3 Å². The molecular weight excluding hydrogens is 509 g/mol. The Hall–Kier alpha value is -4.28. The predicted molar refractivity (Wildman–Crippen MR) is 144 cm³/mol. The van der Waals surface area contributed by atoms with Crippen LogP contribution >= 0.6 is 0 Å². The number of allylic oxidation sites excluding steroid dienone is 1. The molecule has 0 saturated carbocycles. The molecule has 3 heterocycles. The summed E-state index contributed by atoms with van der Waals surface area (Å²) in [5.41, 5.74) is 1.93. The van der Waals surface area contributed by atoms with Crippen molar-refractivity contribution in [3.8, 4) is 11.8 Å². The molecule has 0 bridgehead atoms. The van der Waals surface area contributed by atoms with E-state index in [1.165, 1.54) is 20.3 Å². The molecule has 1 atom stereocenters. The molecule has 204 valence electrons. The summed E-state index contributed by atoms with van der Waals surface area (Å²) in [5.74, 6) is 1.14. The molecule has 39 heavy (non-hydrogen) atoms. The smallest absolute Gasteiger partial charge is 0.416 e. The third-order valence-electron chi connectivity index (χ3n) is 6.06. The van der Waals surface area contributed by atoms with E-state index in [9.17, 15) is 13.2 Å². The molecule has 8 nitrogen and oxygen atoms in total. The molecule has 3 aromatic rings. The van der Waals surface area contributed by atoms with E-state index in [0.717, 1.165) is 23.3 Å². The van der Waals surface area contributed by atoms with Crippen LogP contribution in [-0.2, 0) is 12.6 Å². The fourth-order valence-corrected chi connectivity index (χ4v) is 4.01. The molecule has 1 aliphatic rings. The van der Waals surface area contributed by atoms with Crippen LogP contribution in [0.2, 0.25) is 0 Å². The largest absolute Gasteiger partial charge is 0.497 e. The number of alkyl halides is 3. The lowest BCUT2D eigenvalue weighted by Gasteiger charge is -2.19. The average molecular weight is 539 g/mol. The second kappa shape index (κ2) is 12.5. The second-order valence-corrected chi connectivity index (χ2v) is 9.00. The van der Waals surface area contributed by atoms with E-state index in [4.69, 9.17) is 19.5 Å². The van der Waals surface area contributed by atoms with Gasteiger partial charge in [-0.25, -0.2) is 15.0 Å². The van der Waals surface area contributed by atoms with Crippen molar-refractivity contribution < 1.29 is 22.6 Å². The summed E-state index contributed by atoms with van der Waals surface area (Å²) >= 11 is 0. The van der Waals surface area contributed by atoms with Crippen LogP contribution in [0.3, 0.4) is 0 Å². The summed E-state index contributed by atoms with van der Waals surface area (Å²) < 4.78 is 50.7. The quantitative estimate of drug-likeness (QED) is 0.404. The number of hydrogen-bond donors (Lipinski definition) is 1. The Bertz CT molecular complexity index is 1360. The summed E-state index contributed by atoms with van der Waals surface area (Å²) in [6.45, 7) is 2.51. The van der Waals surface area contributed by atoms with Crippen molar-refractivity contribution in [3.63, 3.8) is 0 Å². The van der Waals surface area contributed by atoms with Gasteiger partial charge in [-0.05, 0) is 48.6 Å². The van der Waals surface area contributed by atoms with Gasteiger partial charge < -0.3 is 14.8 Å². The zero-order valence-electron chi connectivity index (χ0n) is 21.9. The van der Waals surface area contributed by atoms with Crippen LogP contribution in [0.1, 0.15) is 36.5 Å². The number of halogens is 3. The first-order valence-electron chi connectivity index (χ1n) is 12.4. The number of nitrogens with zero attached hydrogens (tertiary/aromatic N) is 5. The van der Waals surface area contributed by atoms with Crippen LogP contribution in [0.15, 0.2) is 71.2 Å². The van der Waals surface area contributed by atoms with Gasteiger partial charge in [0.1, 0.15) is 11.6 Å². The van der Waals surface area contributed by atoms with E-state index in [1.807, 2.05) is 12.1 Å². The van der Waals surface area contributed by atoms with Gasteiger partial charge in [0, 0.05) is 60.6 Å². The first kappa shape index (κ1) is 27.7. The average Bonchev–Trinajstić information content (AvgIpc) is 2.93. The van der Waals surface area contributed by atoms with E-state index >= 15 is 0 Å². The molecule has 1 aliphatic heterocycles. The number of rotatable bonds is 7.